The van der Waals surface area contributed by atoms with Gasteiger partial charge in [-0.05, 0) is 45.1 Å². The summed E-state index contributed by atoms with van der Waals surface area (Å²) in [6, 6.07) is 7.89. The highest BCUT2D eigenvalue weighted by Gasteiger charge is 2.15. The van der Waals surface area contributed by atoms with Crippen molar-refractivity contribution in [1.82, 2.24) is 15.2 Å². The molecular formula is C19H27N3O2. The molecule has 2 rings (SSSR count). The number of methoxy groups -OCH3 is 1. The van der Waals surface area contributed by atoms with Crippen LogP contribution in [-0.2, 0) is 0 Å². The molecule has 0 bridgehead atoms. The van der Waals surface area contributed by atoms with E-state index in [-0.39, 0.29) is 5.91 Å². The standard InChI is InChI=1S/C19H27N3O2/c1-6-22(7-2)13(3)12-20-19(23)17-10-15-8-9-16(24-5)11-18(15)21-14(17)4/h8-11,13H,6-7,12H2,1-5H3,(H,20,23). The van der Waals surface area contributed by atoms with Crippen LogP contribution >= 0.6 is 0 Å². The van der Waals surface area contributed by atoms with Crippen molar-refractivity contribution in [3.05, 3.63) is 35.5 Å². The van der Waals surface area contributed by atoms with Gasteiger partial charge in [0.1, 0.15) is 5.75 Å². The van der Waals surface area contributed by atoms with Crippen molar-refractivity contribution in [1.29, 1.82) is 0 Å². The molecule has 0 aliphatic carbocycles. The van der Waals surface area contributed by atoms with E-state index < -0.39 is 0 Å². The number of likely N-dealkylation sites (N-methyl/N-ethyl adjacent to an activating group) is 1. The quantitative estimate of drug-likeness (QED) is 0.848. The van der Waals surface area contributed by atoms with Crippen molar-refractivity contribution in [3.63, 3.8) is 0 Å². The smallest absolute Gasteiger partial charge is 0.253 e. The van der Waals surface area contributed by atoms with Gasteiger partial charge in [-0.3, -0.25) is 14.7 Å². The minimum absolute atomic E-state index is 0.0725. The number of aryl methyl sites for hydroxylation is 1. The Morgan fingerprint density at radius 2 is 2.00 bits per heavy atom. The zero-order valence-corrected chi connectivity index (χ0v) is 15.2. The number of rotatable bonds is 7. The molecule has 1 unspecified atom stereocenters. The first kappa shape index (κ1) is 18.2. The van der Waals surface area contributed by atoms with E-state index in [1.807, 2.05) is 31.2 Å². The number of nitrogens with zero attached hydrogens (tertiary/aromatic N) is 2. The lowest BCUT2D eigenvalue weighted by molar-refractivity contribution is 0.0937. The summed E-state index contributed by atoms with van der Waals surface area (Å²) in [5.41, 5.74) is 2.18. The molecule has 1 atom stereocenters. The number of nitrogens with one attached hydrogen (secondary N) is 1. The third-order valence-corrected chi connectivity index (χ3v) is 4.45. The maximum atomic E-state index is 12.5. The Kier molecular flexibility index (Phi) is 6.15. The number of carbonyl (C=O) groups is 1. The fraction of sp³-hybridized carbons (Fsp3) is 0.474. The average molecular weight is 329 g/mol. The first-order valence-electron chi connectivity index (χ1n) is 8.47. The van der Waals surface area contributed by atoms with Crippen LogP contribution in [0.4, 0.5) is 0 Å². The third kappa shape index (κ3) is 4.03. The molecule has 24 heavy (non-hydrogen) atoms. The number of hydrogen-bond acceptors (Lipinski definition) is 4. The number of fused-ring (bicyclic) bond motifs is 1. The van der Waals surface area contributed by atoms with E-state index >= 15 is 0 Å². The molecule has 130 valence electrons. The first-order chi connectivity index (χ1) is 11.5. The predicted molar refractivity (Wildman–Crippen MR) is 97.7 cm³/mol. The SMILES string of the molecule is CCN(CC)C(C)CNC(=O)c1cc2ccc(OC)cc2nc1C. The molecule has 1 aromatic carbocycles. The Labute approximate surface area is 144 Å². The van der Waals surface area contributed by atoms with Gasteiger partial charge in [-0.1, -0.05) is 13.8 Å². The zero-order chi connectivity index (χ0) is 17.7. The van der Waals surface area contributed by atoms with Gasteiger partial charge in [-0.15, -0.1) is 0 Å². The van der Waals surface area contributed by atoms with Crippen LogP contribution in [0, 0.1) is 6.92 Å². The molecular weight excluding hydrogens is 302 g/mol. The molecule has 1 amide bonds. The number of ether oxygens (including phenoxy) is 1. The highest BCUT2D eigenvalue weighted by atomic mass is 16.5. The average Bonchev–Trinajstić information content (AvgIpc) is 2.59. The fourth-order valence-electron chi connectivity index (χ4n) is 2.91. The molecule has 5 heteroatoms. The summed E-state index contributed by atoms with van der Waals surface area (Å²) in [4.78, 5) is 19.4. The van der Waals surface area contributed by atoms with Crippen molar-refractivity contribution in [2.75, 3.05) is 26.7 Å². The Morgan fingerprint density at radius 3 is 2.62 bits per heavy atom. The third-order valence-electron chi connectivity index (χ3n) is 4.45. The first-order valence-corrected chi connectivity index (χ1v) is 8.47. The Hall–Kier alpha value is -2.14. The highest BCUT2D eigenvalue weighted by molar-refractivity contribution is 5.98. The molecule has 1 N–H and O–H groups in total. The number of carbonyl (C=O) groups excluding carboxylic acids is 1. The lowest BCUT2D eigenvalue weighted by Gasteiger charge is -2.26. The molecule has 0 fully saturated rings. The van der Waals surface area contributed by atoms with E-state index in [1.165, 1.54) is 0 Å². The monoisotopic (exact) mass is 329 g/mol. The van der Waals surface area contributed by atoms with Gasteiger partial charge in [0.2, 0.25) is 0 Å². The van der Waals surface area contributed by atoms with Crippen molar-refractivity contribution in [3.8, 4) is 5.75 Å². The van der Waals surface area contributed by atoms with Crippen LogP contribution < -0.4 is 10.1 Å². The molecule has 0 aliphatic rings. The van der Waals surface area contributed by atoms with Crippen LogP contribution in [0.1, 0.15) is 36.8 Å². The van der Waals surface area contributed by atoms with E-state index in [0.717, 1.165) is 35.4 Å². The number of benzene rings is 1. The fourth-order valence-corrected chi connectivity index (χ4v) is 2.91. The minimum atomic E-state index is -0.0725. The number of pyridine rings is 1. The number of hydrogen-bond donors (Lipinski definition) is 1. The second-order valence-electron chi connectivity index (χ2n) is 5.96. The van der Waals surface area contributed by atoms with E-state index in [1.54, 1.807) is 7.11 Å². The van der Waals surface area contributed by atoms with Gasteiger partial charge in [-0.2, -0.15) is 0 Å². The molecule has 1 aromatic heterocycles. The van der Waals surface area contributed by atoms with Crippen molar-refractivity contribution >= 4 is 16.8 Å². The van der Waals surface area contributed by atoms with E-state index in [0.29, 0.717) is 18.2 Å². The predicted octanol–water partition coefficient (Wildman–Crippen LogP) is 3.01. The number of amides is 1. The van der Waals surface area contributed by atoms with Gasteiger partial charge in [0.15, 0.2) is 0 Å². The van der Waals surface area contributed by atoms with Crippen LogP contribution in [0.3, 0.4) is 0 Å². The maximum Gasteiger partial charge on any atom is 0.253 e. The van der Waals surface area contributed by atoms with Crippen LogP contribution in [0.15, 0.2) is 24.3 Å². The van der Waals surface area contributed by atoms with Gasteiger partial charge >= 0.3 is 0 Å². The van der Waals surface area contributed by atoms with Crippen LogP contribution in [0.2, 0.25) is 0 Å². The second kappa shape index (κ2) is 8.11. The van der Waals surface area contributed by atoms with E-state index in [4.69, 9.17) is 4.74 Å². The largest absolute Gasteiger partial charge is 0.497 e. The van der Waals surface area contributed by atoms with Gasteiger partial charge in [-0.25, -0.2) is 0 Å². The van der Waals surface area contributed by atoms with E-state index in [2.05, 4.69) is 36.0 Å². The Bertz CT molecular complexity index is 711. The van der Waals surface area contributed by atoms with Gasteiger partial charge < -0.3 is 10.1 Å². The summed E-state index contributed by atoms with van der Waals surface area (Å²) in [6.07, 6.45) is 0. The van der Waals surface area contributed by atoms with Crippen molar-refractivity contribution in [2.45, 2.75) is 33.7 Å². The molecule has 2 aromatic rings. The molecule has 0 saturated carbocycles. The van der Waals surface area contributed by atoms with Gasteiger partial charge in [0, 0.05) is 24.0 Å². The molecule has 5 nitrogen and oxygen atoms in total. The van der Waals surface area contributed by atoms with Gasteiger partial charge in [0.25, 0.3) is 5.91 Å². The zero-order valence-electron chi connectivity index (χ0n) is 15.2. The van der Waals surface area contributed by atoms with Crippen LogP contribution in [0.5, 0.6) is 5.75 Å². The minimum Gasteiger partial charge on any atom is -0.497 e. The molecule has 0 spiro atoms. The summed E-state index contributed by atoms with van der Waals surface area (Å²) in [6.45, 7) is 10.8. The van der Waals surface area contributed by atoms with Crippen molar-refractivity contribution in [2.24, 2.45) is 0 Å². The normalized spacial score (nSPS) is 12.4. The second-order valence-corrected chi connectivity index (χ2v) is 5.96. The summed E-state index contributed by atoms with van der Waals surface area (Å²) in [5, 5.41) is 3.96. The Morgan fingerprint density at radius 1 is 1.29 bits per heavy atom. The summed E-state index contributed by atoms with van der Waals surface area (Å²) in [7, 11) is 1.63. The topological polar surface area (TPSA) is 54.5 Å². The lowest BCUT2D eigenvalue weighted by Crippen LogP contribution is -2.42. The summed E-state index contributed by atoms with van der Waals surface area (Å²) >= 11 is 0. The molecule has 1 heterocycles. The van der Waals surface area contributed by atoms with Crippen molar-refractivity contribution < 1.29 is 9.53 Å². The molecule has 0 saturated heterocycles. The molecule has 0 aliphatic heterocycles. The van der Waals surface area contributed by atoms with Gasteiger partial charge in [0.05, 0.1) is 23.9 Å². The maximum absolute atomic E-state index is 12.5. The van der Waals surface area contributed by atoms with Crippen LogP contribution in [-0.4, -0.2) is 48.6 Å². The summed E-state index contributed by atoms with van der Waals surface area (Å²) in [5.74, 6) is 0.691. The lowest BCUT2D eigenvalue weighted by atomic mass is 10.1. The molecule has 0 radical (unpaired) electrons. The highest BCUT2D eigenvalue weighted by Crippen LogP contribution is 2.21. The van der Waals surface area contributed by atoms with Crippen LogP contribution in [0.25, 0.3) is 10.9 Å². The van der Waals surface area contributed by atoms with E-state index in [9.17, 15) is 4.79 Å². The summed E-state index contributed by atoms with van der Waals surface area (Å²) < 4.78 is 5.22. The number of aromatic nitrogens is 1. The Balaban J connectivity index is 2.16.